The van der Waals surface area contributed by atoms with Crippen LogP contribution in [0.15, 0.2) is 200 Å². The third kappa shape index (κ3) is 5.78. The van der Waals surface area contributed by atoms with E-state index in [-0.39, 0.29) is 5.82 Å². The van der Waals surface area contributed by atoms with Crippen LogP contribution in [0.25, 0.3) is 66.1 Å². The lowest BCUT2D eigenvalue weighted by atomic mass is 9.84. The lowest BCUT2D eigenvalue weighted by Gasteiger charge is -2.24. The quantitative estimate of drug-likeness (QED) is 0.157. The second-order valence-electron chi connectivity index (χ2n) is 12.9. The fourth-order valence-corrected chi connectivity index (χ4v) is 7.39. The van der Waals surface area contributed by atoms with Crippen LogP contribution in [0.2, 0.25) is 0 Å². The summed E-state index contributed by atoms with van der Waals surface area (Å²) in [6.45, 7) is 0. The molecule has 0 bridgehead atoms. The second-order valence-corrected chi connectivity index (χ2v) is 12.9. The lowest BCUT2D eigenvalue weighted by Crippen LogP contribution is -2.11. The first-order valence-corrected chi connectivity index (χ1v) is 17.5. The monoisotopic (exact) mass is 668 g/mol. The molecule has 52 heavy (non-hydrogen) atoms. The number of rotatable bonds is 7. The van der Waals surface area contributed by atoms with Crippen LogP contribution in [-0.4, -0.2) is 4.98 Å². The van der Waals surface area contributed by atoms with E-state index in [0.29, 0.717) is 5.82 Å². The molecule has 0 atom stereocenters. The maximum Gasteiger partial charge on any atom is 0.141 e. The van der Waals surface area contributed by atoms with Crippen molar-refractivity contribution in [2.24, 2.45) is 0 Å². The molecule has 0 saturated carbocycles. The molecule has 0 amide bonds. The number of hydrogen-bond acceptors (Lipinski definition) is 2. The van der Waals surface area contributed by atoms with Gasteiger partial charge >= 0.3 is 0 Å². The molecule has 0 saturated heterocycles. The number of para-hydroxylation sites is 1. The van der Waals surface area contributed by atoms with E-state index < -0.39 is 0 Å². The molecular weight excluding hydrogens is 636 g/mol. The first-order chi connectivity index (χ1) is 25.7. The Kier molecular flexibility index (Phi) is 8.07. The molecule has 0 N–H and O–H groups in total. The average Bonchev–Trinajstić information content (AvgIpc) is 3.22. The summed E-state index contributed by atoms with van der Waals surface area (Å²) in [5.74, 6) is 0.283. The van der Waals surface area contributed by atoms with Gasteiger partial charge in [0, 0.05) is 11.4 Å². The Bertz CT molecular complexity index is 2540. The molecule has 1 aromatic heterocycles. The Hall–Kier alpha value is -6.84. The molecule has 0 unspecified atom stereocenters. The summed E-state index contributed by atoms with van der Waals surface area (Å²) in [7, 11) is 0. The fourth-order valence-electron chi connectivity index (χ4n) is 7.39. The predicted molar refractivity (Wildman–Crippen MR) is 216 cm³/mol. The number of pyridine rings is 1. The highest BCUT2D eigenvalue weighted by atomic mass is 19.1. The number of benzene rings is 8. The van der Waals surface area contributed by atoms with Crippen LogP contribution in [0.4, 0.5) is 21.6 Å². The summed E-state index contributed by atoms with van der Waals surface area (Å²) in [6.07, 6.45) is 1.26. The molecule has 9 rings (SSSR count). The molecule has 0 aliphatic rings. The van der Waals surface area contributed by atoms with E-state index in [0.717, 1.165) is 16.9 Å². The van der Waals surface area contributed by atoms with Crippen LogP contribution in [0.5, 0.6) is 0 Å². The summed E-state index contributed by atoms with van der Waals surface area (Å²) in [5.41, 5.74) is 11.3. The van der Waals surface area contributed by atoms with Crippen molar-refractivity contribution in [1.82, 2.24) is 4.98 Å². The highest BCUT2D eigenvalue weighted by molar-refractivity contribution is 6.21. The highest BCUT2D eigenvalue weighted by Crippen LogP contribution is 2.46. The van der Waals surface area contributed by atoms with Crippen molar-refractivity contribution in [3.8, 4) is 44.5 Å². The molecule has 0 aliphatic carbocycles. The maximum absolute atomic E-state index is 13.9. The standard InChI is InChI=1S/C49H33FN2/c50-40-26-29-47(51-33-40)52(41-18-8-3-9-19-41)42-27-24-36(25-28-42)48-43-20-10-12-22-45(43)49(46-23-13-11-21-44(46)48)39-31-37(34-14-4-1-5-15-34)30-38(32-39)35-16-6-2-7-17-35/h1-33H. The van der Waals surface area contributed by atoms with E-state index in [4.69, 9.17) is 0 Å². The zero-order valence-corrected chi connectivity index (χ0v) is 28.3. The molecule has 3 heteroatoms. The number of halogens is 1. The van der Waals surface area contributed by atoms with Gasteiger partial charge in [0.15, 0.2) is 0 Å². The van der Waals surface area contributed by atoms with E-state index in [1.54, 1.807) is 6.07 Å². The molecule has 2 nitrogen and oxygen atoms in total. The summed E-state index contributed by atoms with van der Waals surface area (Å²) in [6, 6.07) is 67.6. The van der Waals surface area contributed by atoms with E-state index in [1.165, 1.54) is 72.8 Å². The minimum atomic E-state index is -0.364. The van der Waals surface area contributed by atoms with Crippen molar-refractivity contribution in [2.45, 2.75) is 0 Å². The smallest absolute Gasteiger partial charge is 0.141 e. The minimum Gasteiger partial charge on any atom is -0.295 e. The molecule has 0 spiro atoms. The van der Waals surface area contributed by atoms with Gasteiger partial charge in [-0.05, 0) is 121 Å². The van der Waals surface area contributed by atoms with Crippen LogP contribution < -0.4 is 4.90 Å². The van der Waals surface area contributed by atoms with E-state index in [2.05, 4.69) is 157 Å². The molecular formula is C49H33FN2. The molecule has 0 radical (unpaired) electrons. The summed E-state index contributed by atoms with van der Waals surface area (Å²) >= 11 is 0. The van der Waals surface area contributed by atoms with Gasteiger partial charge in [0.2, 0.25) is 0 Å². The first-order valence-electron chi connectivity index (χ1n) is 17.5. The summed E-state index contributed by atoms with van der Waals surface area (Å²) in [5, 5.41) is 4.78. The molecule has 0 aliphatic heterocycles. The number of aromatic nitrogens is 1. The van der Waals surface area contributed by atoms with Crippen LogP contribution in [0.1, 0.15) is 0 Å². The van der Waals surface area contributed by atoms with Gasteiger partial charge in [-0.2, -0.15) is 0 Å². The summed E-state index contributed by atoms with van der Waals surface area (Å²) < 4.78 is 13.9. The maximum atomic E-state index is 13.9. The van der Waals surface area contributed by atoms with Gasteiger partial charge < -0.3 is 0 Å². The Morgan fingerprint density at radius 2 is 0.769 bits per heavy atom. The zero-order chi connectivity index (χ0) is 34.9. The van der Waals surface area contributed by atoms with Crippen LogP contribution >= 0.6 is 0 Å². The fraction of sp³-hybridized carbons (Fsp3) is 0. The van der Waals surface area contributed by atoms with E-state index >= 15 is 0 Å². The lowest BCUT2D eigenvalue weighted by molar-refractivity contribution is 0.621. The molecule has 1 heterocycles. The van der Waals surface area contributed by atoms with Crippen molar-refractivity contribution in [3.63, 3.8) is 0 Å². The van der Waals surface area contributed by atoms with Gasteiger partial charge in [0.25, 0.3) is 0 Å². The van der Waals surface area contributed by atoms with Crippen LogP contribution in [-0.2, 0) is 0 Å². The Morgan fingerprint density at radius 1 is 0.346 bits per heavy atom. The van der Waals surface area contributed by atoms with Crippen molar-refractivity contribution < 1.29 is 4.39 Å². The zero-order valence-electron chi connectivity index (χ0n) is 28.3. The van der Waals surface area contributed by atoms with Crippen LogP contribution in [0, 0.1) is 5.82 Å². The van der Waals surface area contributed by atoms with Crippen molar-refractivity contribution in [3.05, 3.63) is 206 Å². The highest BCUT2D eigenvalue weighted by Gasteiger charge is 2.19. The van der Waals surface area contributed by atoms with E-state index in [9.17, 15) is 4.39 Å². The Labute approximate surface area is 302 Å². The number of nitrogens with zero attached hydrogens (tertiary/aromatic N) is 2. The van der Waals surface area contributed by atoms with Gasteiger partial charge in [-0.15, -0.1) is 0 Å². The predicted octanol–water partition coefficient (Wildman–Crippen LogP) is 13.7. The van der Waals surface area contributed by atoms with Crippen molar-refractivity contribution >= 4 is 38.7 Å². The van der Waals surface area contributed by atoms with Gasteiger partial charge in [-0.3, -0.25) is 4.90 Å². The third-order valence-electron chi connectivity index (χ3n) is 9.74. The number of fused-ring (bicyclic) bond motifs is 2. The molecule has 246 valence electrons. The SMILES string of the molecule is Fc1ccc(N(c2ccccc2)c2ccc(-c3c4ccccc4c(-c4cc(-c5ccccc5)cc(-c5ccccc5)c4)c4ccccc34)cc2)nc1. The van der Waals surface area contributed by atoms with Crippen LogP contribution in [0.3, 0.4) is 0 Å². The minimum absolute atomic E-state index is 0.364. The molecule has 8 aromatic carbocycles. The third-order valence-corrected chi connectivity index (χ3v) is 9.74. The van der Waals surface area contributed by atoms with Gasteiger partial charge in [-0.25, -0.2) is 9.37 Å². The van der Waals surface area contributed by atoms with Gasteiger partial charge in [-0.1, -0.05) is 140 Å². The van der Waals surface area contributed by atoms with Crippen molar-refractivity contribution in [1.29, 1.82) is 0 Å². The Morgan fingerprint density at radius 3 is 1.25 bits per heavy atom. The average molecular weight is 669 g/mol. The van der Waals surface area contributed by atoms with Gasteiger partial charge in [0.1, 0.15) is 11.6 Å². The van der Waals surface area contributed by atoms with Crippen molar-refractivity contribution in [2.75, 3.05) is 4.90 Å². The Balaban J connectivity index is 1.24. The van der Waals surface area contributed by atoms with Gasteiger partial charge in [0.05, 0.1) is 6.20 Å². The molecule has 9 aromatic rings. The van der Waals surface area contributed by atoms with E-state index in [1.807, 2.05) is 35.2 Å². The second kappa shape index (κ2) is 13.5. The molecule has 0 fully saturated rings. The summed E-state index contributed by atoms with van der Waals surface area (Å²) in [4.78, 5) is 6.48. The topological polar surface area (TPSA) is 16.1 Å². The first kappa shape index (κ1) is 31.2. The normalized spacial score (nSPS) is 11.2. The largest absolute Gasteiger partial charge is 0.295 e. The number of hydrogen-bond donors (Lipinski definition) is 0. The number of anilines is 3.